The fraction of sp³-hybridized carbons (Fsp3) is 0.741. The quantitative estimate of drug-likeness (QED) is 0.476. The van der Waals surface area contributed by atoms with E-state index in [1.807, 2.05) is 0 Å². The van der Waals surface area contributed by atoms with Crippen molar-refractivity contribution in [3.63, 3.8) is 0 Å². The van der Waals surface area contributed by atoms with E-state index >= 15 is 0 Å². The van der Waals surface area contributed by atoms with Crippen LogP contribution in [0.3, 0.4) is 0 Å². The van der Waals surface area contributed by atoms with Gasteiger partial charge in [0.25, 0.3) is 0 Å². The lowest BCUT2D eigenvalue weighted by atomic mass is 9.70. The zero-order valence-electron chi connectivity index (χ0n) is 20.6. The van der Waals surface area contributed by atoms with Crippen LogP contribution < -0.4 is 0 Å². The number of rotatable bonds is 5. The Bertz CT molecular complexity index is 684. The highest BCUT2D eigenvalue weighted by molar-refractivity contribution is 8.15. The summed E-state index contributed by atoms with van der Waals surface area (Å²) < 4.78 is 0.0675. The van der Waals surface area contributed by atoms with E-state index in [0.717, 1.165) is 24.3 Å². The molecular weight excluding hydrogens is 372 g/mol. The lowest BCUT2D eigenvalue weighted by molar-refractivity contribution is 0.108. The minimum absolute atomic E-state index is 0.0675. The van der Waals surface area contributed by atoms with Gasteiger partial charge >= 0.3 is 0 Å². The molecular formula is C27H44OS. The van der Waals surface area contributed by atoms with Crippen molar-refractivity contribution in [2.75, 3.05) is 0 Å². The summed E-state index contributed by atoms with van der Waals surface area (Å²) in [5.41, 5.74) is 5.21. The van der Waals surface area contributed by atoms with Crippen molar-refractivity contribution in [1.29, 1.82) is 0 Å². The number of carbonyl (C=O) groups is 1. The lowest BCUT2D eigenvalue weighted by Crippen LogP contribution is -2.34. The zero-order valence-corrected chi connectivity index (χ0v) is 21.4. The van der Waals surface area contributed by atoms with E-state index in [-0.39, 0.29) is 4.75 Å². The number of hydrogen-bond acceptors (Lipinski definition) is 2. The van der Waals surface area contributed by atoms with Crippen LogP contribution in [0.15, 0.2) is 12.1 Å². The van der Waals surface area contributed by atoms with Gasteiger partial charge in [-0.15, -0.1) is 0 Å². The average molecular weight is 417 g/mol. The largest absolute Gasteiger partial charge is 0.282 e. The monoisotopic (exact) mass is 416 g/mol. The molecule has 0 heterocycles. The van der Waals surface area contributed by atoms with Crippen molar-refractivity contribution in [3.8, 4) is 0 Å². The third-order valence-corrected chi connectivity index (χ3v) is 8.23. The molecule has 1 nitrogen and oxygen atoms in total. The van der Waals surface area contributed by atoms with Gasteiger partial charge in [0.05, 0.1) is 0 Å². The lowest BCUT2D eigenvalue weighted by Gasteiger charge is -2.41. The molecule has 29 heavy (non-hydrogen) atoms. The molecule has 0 aliphatic heterocycles. The van der Waals surface area contributed by atoms with Crippen LogP contribution in [-0.2, 0) is 0 Å². The molecule has 164 valence electrons. The molecule has 1 aromatic carbocycles. The van der Waals surface area contributed by atoms with Gasteiger partial charge in [-0.05, 0) is 78.4 Å². The Morgan fingerprint density at radius 3 is 1.72 bits per heavy atom. The fourth-order valence-corrected chi connectivity index (χ4v) is 5.89. The van der Waals surface area contributed by atoms with E-state index in [1.165, 1.54) is 29.5 Å². The molecule has 1 saturated carbocycles. The van der Waals surface area contributed by atoms with Crippen molar-refractivity contribution in [2.45, 2.75) is 117 Å². The van der Waals surface area contributed by atoms with Crippen molar-refractivity contribution in [1.82, 2.24) is 0 Å². The molecule has 2 rings (SSSR count). The highest BCUT2D eigenvalue weighted by atomic mass is 32.2. The van der Waals surface area contributed by atoms with E-state index in [1.54, 1.807) is 11.8 Å². The van der Waals surface area contributed by atoms with Crippen molar-refractivity contribution >= 4 is 16.9 Å². The maximum absolute atomic E-state index is 13.7. The third kappa shape index (κ3) is 5.90. The Labute approximate surface area is 184 Å². The van der Waals surface area contributed by atoms with Crippen LogP contribution in [0.1, 0.15) is 140 Å². The van der Waals surface area contributed by atoms with Gasteiger partial charge in [0.2, 0.25) is 5.12 Å². The molecule has 1 aliphatic carbocycles. The zero-order chi connectivity index (χ0) is 22.1. The molecule has 0 aromatic heterocycles. The van der Waals surface area contributed by atoms with E-state index < -0.39 is 0 Å². The maximum atomic E-state index is 13.7. The average Bonchev–Trinajstić information content (AvgIpc) is 2.59. The Morgan fingerprint density at radius 2 is 1.38 bits per heavy atom. The summed E-state index contributed by atoms with van der Waals surface area (Å²) >= 11 is 1.63. The third-order valence-electron chi connectivity index (χ3n) is 6.94. The molecule has 0 saturated heterocycles. The summed E-state index contributed by atoms with van der Waals surface area (Å²) in [5, 5.41) is 0.296. The molecule has 0 spiro atoms. The number of hydrogen-bond donors (Lipinski definition) is 0. The molecule has 0 N–H and O–H groups in total. The molecule has 1 aliphatic rings. The topological polar surface area (TPSA) is 17.1 Å². The second-order valence-corrected chi connectivity index (χ2v) is 13.1. The summed E-state index contributed by atoms with van der Waals surface area (Å²) in [6.45, 7) is 22.8. The molecule has 1 aromatic rings. The van der Waals surface area contributed by atoms with E-state index in [4.69, 9.17) is 0 Å². The van der Waals surface area contributed by atoms with Crippen molar-refractivity contribution in [3.05, 3.63) is 34.4 Å². The Kier molecular flexibility index (Phi) is 7.74. The predicted octanol–water partition coefficient (Wildman–Crippen LogP) is 8.93. The Balaban J connectivity index is 2.35. The molecule has 0 atom stereocenters. The normalized spacial score (nSPS) is 23.3. The smallest absolute Gasteiger partial charge is 0.220 e. The van der Waals surface area contributed by atoms with Gasteiger partial charge in [-0.25, -0.2) is 0 Å². The van der Waals surface area contributed by atoms with Gasteiger partial charge < -0.3 is 0 Å². The predicted molar refractivity (Wildman–Crippen MR) is 130 cm³/mol. The van der Waals surface area contributed by atoms with Gasteiger partial charge in [0.15, 0.2) is 0 Å². The van der Waals surface area contributed by atoms with Crippen LogP contribution in [-0.4, -0.2) is 9.86 Å². The summed E-state index contributed by atoms with van der Waals surface area (Å²) in [6, 6.07) is 4.60. The standard InChI is InChI=1S/C27H44OS/c1-17(2)20-15-22(18(3)4)24(23(16-20)19(5)6)25(28)29-27(10)13-11-21(12-14-27)26(7,8)9/h15-19,21H,11-14H2,1-10H3. The molecule has 0 amide bonds. The summed E-state index contributed by atoms with van der Waals surface area (Å²) in [5.74, 6) is 1.96. The van der Waals surface area contributed by atoms with Gasteiger partial charge in [-0.3, -0.25) is 4.79 Å². The molecule has 0 unspecified atom stereocenters. The van der Waals surface area contributed by atoms with Crippen LogP contribution in [0.5, 0.6) is 0 Å². The highest BCUT2D eigenvalue weighted by Crippen LogP contribution is 2.48. The SMILES string of the molecule is CC(C)c1cc(C(C)C)c(C(=O)SC2(C)CCC(C(C)(C)C)CC2)c(C(C)C)c1. The minimum atomic E-state index is 0.0675. The molecule has 0 radical (unpaired) electrons. The summed E-state index contributed by atoms with van der Waals surface area (Å²) in [4.78, 5) is 13.7. The Morgan fingerprint density at radius 1 is 0.931 bits per heavy atom. The summed E-state index contributed by atoms with van der Waals surface area (Å²) in [6.07, 6.45) is 4.76. The van der Waals surface area contributed by atoms with Crippen LogP contribution in [0, 0.1) is 11.3 Å². The Hall–Kier alpha value is -0.760. The molecule has 2 heteroatoms. The van der Waals surface area contributed by atoms with Gasteiger partial charge in [0.1, 0.15) is 0 Å². The van der Waals surface area contributed by atoms with Crippen molar-refractivity contribution < 1.29 is 4.79 Å². The van der Waals surface area contributed by atoms with Gasteiger partial charge in [-0.2, -0.15) is 0 Å². The molecule has 0 bridgehead atoms. The first-order chi connectivity index (χ1) is 13.2. The highest BCUT2D eigenvalue weighted by Gasteiger charge is 2.38. The first-order valence-corrected chi connectivity index (χ1v) is 12.5. The van der Waals surface area contributed by atoms with Gasteiger partial charge in [0, 0.05) is 10.3 Å². The first kappa shape index (κ1) is 24.5. The second-order valence-electron chi connectivity index (χ2n) is 11.5. The van der Waals surface area contributed by atoms with E-state index in [9.17, 15) is 4.79 Å². The van der Waals surface area contributed by atoms with E-state index in [0.29, 0.717) is 28.3 Å². The van der Waals surface area contributed by atoms with Gasteiger partial charge in [-0.1, -0.05) is 86.2 Å². The number of carbonyl (C=O) groups excluding carboxylic acids is 1. The maximum Gasteiger partial charge on any atom is 0.220 e. The fourth-order valence-electron chi connectivity index (χ4n) is 4.66. The van der Waals surface area contributed by atoms with Crippen LogP contribution in [0.2, 0.25) is 0 Å². The van der Waals surface area contributed by atoms with Crippen LogP contribution in [0.25, 0.3) is 0 Å². The number of thioether (sulfide) groups is 1. The summed E-state index contributed by atoms with van der Waals surface area (Å²) in [7, 11) is 0. The number of benzene rings is 1. The van der Waals surface area contributed by atoms with E-state index in [2.05, 4.69) is 81.4 Å². The van der Waals surface area contributed by atoms with Crippen LogP contribution in [0.4, 0.5) is 0 Å². The first-order valence-electron chi connectivity index (χ1n) is 11.7. The second kappa shape index (κ2) is 9.16. The minimum Gasteiger partial charge on any atom is -0.282 e. The van der Waals surface area contributed by atoms with Crippen LogP contribution >= 0.6 is 11.8 Å². The molecule has 1 fully saturated rings. The van der Waals surface area contributed by atoms with Crippen molar-refractivity contribution in [2.24, 2.45) is 11.3 Å².